The highest BCUT2D eigenvalue weighted by molar-refractivity contribution is 6.11. The van der Waals surface area contributed by atoms with Crippen molar-refractivity contribution < 1.29 is 10.2 Å². The molecule has 2 N–H and O–H groups in total. The van der Waals surface area contributed by atoms with Gasteiger partial charge in [-0.1, -0.05) is 24.3 Å². The Morgan fingerprint density at radius 1 is 0.812 bits per heavy atom. The fourth-order valence-electron chi connectivity index (χ4n) is 2.31. The van der Waals surface area contributed by atoms with Crippen LogP contribution in [-0.2, 0) is 7.05 Å². The highest BCUT2D eigenvalue weighted by atomic mass is 16.3. The van der Waals surface area contributed by atoms with E-state index in [0.29, 0.717) is 0 Å². The largest absolute Gasteiger partial charge is 0.506 e. The first-order chi connectivity index (χ1) is 7.70. The Kier molecular flexibility index (Phi) is 1.66. The first kappa shape index (κ1) is 9.09. The summed E-state index contributed by atoms with van der Waals surface area (Å²) in [6.45, 7) is 0. The average Bonchev–Trinajstić information content (AvgIpc) is 2.56. The standard InChI is InChI=1S/C13H11NO2/c1-14-12-8(4-2-6-10(12)15)9-5-3-7-11(16)13(9)14/h2-7,15-16H,1H3. The van der Waals surface area contributed by atoms with Crippen LogP contribution >= 0.6 is 0 Å². The molecule has 1 heterocycles. The Morgan fingerprint density at radius 2 is 1.25 bits per heavy atom. The molecule has 0 radical (unpaired) electrons. The number of nitrogens with zero attached hydrogens (tertiary/aromatic N) is 1. The fourth-order valence-corrected chi connectivity index (χ4v) is 2.31. The number of rotatable bonds is 0. The van der Waals surface area contributed by atoms with E-state index in [-0.39, 0.29) is 11.5 Å². The molecule has 16 heavy (non-hydrogen) atoms. The van der Waals surface area contributed by atoms with Crippen molar-refractivity contribution in [3.05, 3.63) is 36.4 Å². The molecule has 3 aromatic rings. The van der Waals surface area contributed by atoms with Gasteiger partial charge < -0.3 is 14.8 Å². The van der Waals surface area contributed by atoms with Crippen LogP contribution in [0, 0.1) is 0 Å². The zero-order chi connectivity index (χ0) is 11.3. The molecule has 0 fully saturated rings. The van der Waals surface area contributed by atoms with Crippen LogP contribution in [0.2, 0.25) is 0 Å². The zero-order valence-electron chi connectivity index (χ0n) is 8.81. The quantitative estimate of drug-likeness (QED) is 0.603. The number of hydrogen-bond donors (Lipinski definition) is 2. The lowest BCUT2D eigenvalue weighted by atomic mass is 10.1. The number of aromatic nitrogens is 1. The summed E-state index contributed by atoms with van der Waals surface area (Å²) >= 11 is 0. The van der Waals surface area contributed by atoms with E-state index in [1.807, 2.05) is 23.7 Å². The molecule has 0 aliphatic heterocycles. The van der Waals surface area contributed by atoms with Gasteiger partial charge in [0, 0.05) is 17.8 Å². The van der Waals surface area contributed by atoms with E-state index in [1.54, 1.807) is 24.3 Å². The van der Waals surface area contributed by atoms with Crippen molar-refractivity contribution in [2.45, 2.75) is 0 Å². The number of aromatic hydroxyl groups is 2. The number of para-hydroxylation sites is 2. The van der Waals surface area contributed by atoms with E-state index in [2.05, 4.69) is 0 Å². The van der Waals surface area contributed by atoms with Gasteiger partial charge >= 0.3 is 0 Å². The van der Waals surface area contributed by atoms with Crippen LogP contribution in [-0.4, -0.2) is 14.8 Å². The van der Waals surface area contributed by atoms with Gasteiger partial charge in [0.15, 0.2) is 0 Å². The Bertz CT molecular complexity index is 639. The minimum atomic E-state index is 0.232. The number of fused-ring (bicyclic) bond motifs is 3. The van der Waals surface area contributed by atoms with E-state index in [1.165, 1.54) is 0 Å². The molecule has 3 nitrogen and oxygen atoms in total. The Morgan fingerprint density at radius 3 is 1.69 bits per heavy atom. The first-order valence-electron chi connectivity index (χ1n) is 5.08. The third kappa shape index (κ3) is 0.972. The summed E-state index contributed by atoms with van der Waals surface area (Å²) in [6.07, 6.45) is 0. The van der Waals surface area contributed by atoms with Gasteiger partial charge in [-0.05, 0) is 12.1 Å². The fraction of sp³-hybridized carbons (Fsp3) is 0.0769. The molecule has 2 aromatic carbocycles. The molecule has 0 amide bonds. The van der Waals surface area contributed by atoms with E-state index in [0.717, 1.165) is 21.8 Å². The van der Waals surface area contributed by atoms with Crippen molar-refractivity contribution in [3.63, 3.8) is 0 Å². The summed E-state index contributed by atoms with van der Waals surface area (Å²) in [5.41, 5.74) is 1.50. The van der Waals surface area contributed by atoms with Gasteiger partial charge in [0.25, 0.3) is 0 Å². The smallest absolute Gasteiger partial charge is 0.139 e. The van der Waals surface area contributed by atoms with E-state index >= 15 is 0 Å². The molecule has 0 aliphatic rings. The lowest BCUT2D eigenvalue weighted by Crippen LogP contribution is -1.87. The van der Waals surface area contributed by atoms with Gasteiger partial charge in [0.05, 0.1) is 11.0 Å². The molecule has 0 saturated heterocycles. The maximum atomic E-state index is 9.84. The maximum absolute atomic E-state index is 9.84. The summed E-state index contributed by atoms with van der Waals surface area (Å²) in [5.74, 6) is 0.464. The number of benzene rings is 2. The molecule has 0 unspecified atom stereocenters. The lowest BCUT2D eigenvalue weighted by molar-refractivity contribution is 0.476. The highest BCUT2D eigenvalue weighted by Crippen LogP contribution is 2.36. The SMILES string of the molecule is Cn1c2c(O)cccc2c2cccc(O)c21. The number of hydrogen-bond acceptors (Lipinski definition) is 2. The number of phenolic OH excluding ortho intramolecular Hbond substituents is 2. The molecule has 3 heteroatoms. The molecular formula is C13H11NO2. The molecule has 0 saturated carbocycles. The topological polar surface area (TPSA) is 45.4 Å². The minimum absolute atomic E-state index is 0.232. The molecular weight excluding hydrogens is 202 g/mol. The first-order valence-corrected chi connectivity index (χ1v) is 5.08. The predicted octanol–water partition coefficient (Wildman–Crippen LogP) is 2.74. The third-order valence-corrected chi connectivity index (χ3v) is 2.99. The Hall–Kier alpha value is -2.16. The summed E-state index contributed by atoms with van der Waals surface area (Å²) in [5, 5.41) is 21.6. The van der Waals surface area contributed by atoms with Crippen LogP contribution in [0.4, 0.5) is 0 Å². The predicted molar refractivity (Wildman–Crippen MR) is 63.8 cm³/mol. The van der Waals surface area contributed by atoms with Crippen molar-refractivity contribution in [1.29, 1.82) is 0 Å². The second-order valence-corrected chi connectivity index (χ2v) is 3.91. The number of phenols is 2. The van der Waals surface area contributed by atoms with Crippen LogP contribution in [0.25, 0.3) is 21.8 Å². The van der Waals surface area contributed by atoms with E-state index in [9.17, 15) is 10.2 Å². The van der Waals surface area contributed by atoms with Crippen LogP contribution in [0.3, 0.4) is 0 Å². The molecule has 0 spiro atoms. The van der Waals surface area contributed by atoms with Crippen molar-refractivity contribution in [1.82, 2.24) is 4.57 Å². The molecule has 0 aliphatic carbocycles. The number of aryl methyl sites for hydroxylation is 1. The highest BCUT2D eigenvalue weighted by Gasteiger charge is 2.13. The van der Waals surface area contributed by atoms with Gasteiger partial charge in [0.2, 0.25) is 0 Å². The monoisotopic (exact) mass is 213 g/mol. The van der Waals surface area contributed by atoms with Crippen LogP contribution in [0.15, 0.2) is 36.4 Å². The molecule has 1 aromatic heterocycles. The van der Waals surface area contributed by atoms with Crippen molar-refractivity contribution in [3.8, 4) is 11.5 Å². The van der Waals surface area contributed by atoms with E-state index < -0.39 is 0 Å². The summed E-state index contributed by atoms with van der Waals surface area (Å²) < 4.78 is 1.81. The third-order valence-electron chi connectivity index (χ3n) is 2.99. The Labute approximate surface area is 92.2 Å². The second kappa shape index (κ2) is 2.92. The second-order valence-electron chi connectivity index (χ2n) is 3.91. The molecule has 3 rings (SSSR count). The van der Waals surface area contributed by atoms with Gasteiger partial charge in [-0.25, -0.2) is 0 Å². The lowest BCUT2D eigenvalue weighted by Gasteiger charge is -2.00. The van der Waals surface area contributed by atoms with Crippen molar-refractivity contribution in [2.75, 3.05) is 0 Å². The van der Waals surface area contributed by atoms with Crippen molar-refractivity contribution in [2.24, 2.45) is 7.05 Å². The van der Waals surface area contributed by atoms with Crippen LogP contribution in [0.5, 0.6) is 11.5 Å². The summed E-state index contributed by atoms with van der Waals surface area (Å²) in [4.78, 5) is 0. The maximum Gasteiger partial charge on any atom is 0.139 e. The van der Waals surface area contributed by atoms with Crippen molar-refractivity contribution >= 4 is 21.8 Å². The normalized spacial score (nSPS) is 11.3. The minimum Gasteiger partial charge on any atom is -0.506 e. The van der Waals surface area contributed by atoms with Crippen LogP contribution < -0.4 is 0 Å². The molecule has 0 atom stereocenters. The average molecular weight is 213 g/mol. The Balaban J connectivity index is 2.70. The van der Waals surface area contributed by atoms with E-state index in [4.69, 9.17) is 0 Å². The zero-order valence-corrected chi connectivity index (χ0v) is 8.81. The van der Waals surface area contributed by atoms with Gasteiger partial charge in [0.1, 0.15) is 11.5 Å². The summed E-state index contributed by atoms with van der Waals surface area (Å²) in [6, 6.07) is 10.8. The van der Waals surface area contributed by atoms with Gasteiger partial charge in [-0.3, -0.25) is 0 Å². The summed E-state index contributed by atoms with van der Waals surface area (Å²) in [7, 11) is 1.84. The van der Waals surface area contributed by atoms with Gasteiger partial charge in [-0.15, -0.1) is 0 Å². The molecule has 0 bridgehead atoms. The molecule has 80 valence electrons. The van der Waals surface area contributed by atoms with Crippen LogP contribution in [0.1, 0.15) is 0 Å². The van der Waals surface area contributed by atoms with Gasteiger partial charge in [-0.2, -0.15) is 0 Å².